The van der Waals surface area contributed by atoms with E-state index in [0.717, 1.165) is 6.26 Å². The van der Waals surface area contributed by atoms with Crippen molar-refractivity contribution in [2.24, 2.45) is 5.92 Å². The third-order valence-electron chi connectivity index (χ3n) is 3.93. The summed E-state index contributed by atoms with van der Waals surface area (Å²) < 4.78 is 23.6. The van der Waals surface area contributed by atoms with Crippen LogP contribution in [0.3, 0.4) is 0 Å². The van der Waals surface area contributed by atoms with Crippen molar-refractivity contribution in [3.63, 3.8) is 0 Å². The summed E-state index contributed by atoms with van der Waals surface area (Å²) in [5, 5.41) is 11.5. The normalized spacial score (nSPS) is 21.0. The Balaban J connectivity index is 2.13. The fraction of sp³-hybridized carbons (Fsp3) is 0.467. The molecule has 120 valence electrons. The van der Waals surface area contributed by atoms with Crippen molar-refractivity contribution in [2.75, 3.05) is 6.26 Å². The second-order valence-electron chi connectivity index (χ2n) is 5.63. The van der Waals surface area contributed by atoms with Crippen LogP contribution in [0.4, 0.5) is 0 Å². The van der Waals surface area contributed by atoms with Crippen LogP contribution in [0, 0.1) is 5.92 Å². The number of hydrogen-bond donors (Lipinski definition) is 2. The van der Waals surface area contributed by atoms with Crippen molar-refractivity contribution < 1.29 is 23.1 Å². The third-order valence-corrected chi connectivity index (χ3v) is 5.11. The van der Waals surface area contributed by atoms with Crippen molar-refractivity contribution in [1.82, 2.24) is 5.32 Å². The zero-order valence-electron chi connectivity index (χ0n) is 12.5. The first kappa shape index (κ1) is 16.5. The maximum atomic E-state index is 12.1. The van der Waals surface area contributed by atoms with Gasteiger partial charge in [0.25, 0.3) is 5.91 Å². The van der Waals surface area contributed by atoms with E-state index in [-0.39, 0.29) is 22.4 Å². The van der Waals surface area contributed by atoms with Gasteiger partial charge in [-0.1, -0.05) is 13.0 Å². The number of carboxylic acid groups (broad SMARTS) is 1. The second-order valence-corrected chi connectivity index (χ2v) is 7.61. The van der Waals surface area contributed by atoms with Crippen LogP contribution in [-0.4, -0.2) is 37.7 Å². The van der Waals surface area contributed by atoms with E-state index >= 15 is 0 Å². The van der Waals surface area contributed by atoms with Crippen LogP contribution in [0.5, 0.6) is 0 Å². The summed E-state index contributed by atoms with van der Waals surface area (Å²) in [6.07, 6.45) is 2.50. The van der Waals surface area contributed by atoms with Crippen LogP contribution in [0.25, 0.3) is 0 Å². The molecule has 0 bridgehead atoms. The van der Waals surface area contributed by atoms with Gasteiger partial charge in [-0.05, 0) is 37.0 Å². The number of aryl methyl sites for hydroxylation is 1. The Kier molecular flexibility index (Phi) is 4.55. The Hall–Kier alpha value is -1.89. The standard InChI is InChI=1S/C15H19NO5S/c1-3-9-4-5-10(8-13(9)22(2,20)21)14(17)16-12-6-11(7-12)15(18)19/h4-5,8,11-12H,3,6-7H2,1-2H3,(H,16,17)(H,18,19). The predicted octanol–water partition coefficient (Wildman–Crippen LogP) is 1.25. The van der Waals surface area contributed by atoms with Crippen molar-refractivity contribution in [3.8, 4) is 0 Å². The van der Waals surface area contributed by atoms with Crippen molar-refractivity contribution >= 4 is 21.7 Å². The maximum Gasteiger partial charge on any atom is 0.306 e. The van der Waals surface area contributed by atoms with Crippen molar-refractivity contribution in [1.29, 1.82) is 0 Å². The van der Waals surface area contributed by atoms with E-state index in [1.54, 1.807) is 12.1 Å². The Morgan fingerprint density at radius 3 is 2.45 bits per heavy atom. The monoisotopic (exact) mass is 325 g/mol. The zero-order chi connectivity index (χ0) is 16.5. The van der Waals surface area contributed by atoms with Gasteiger partial charge in [-0.15, -0.1) is 0 Å². The van der Waals surface area contributed by atoms with E-state index in [4.69, 9.17) is 5.11 Å². The summed E-state index contributed by atoms with van der Waals surface area (Å²) in [6, 6.07) is 4.46. The number of nitrogens with one attached hydrogen (secondary N) is 1. The van der Waals surface area contributed by atoms with Gasteiger partial charge in [-0.25, -0.2) is 8.42 Å². The average molecular weight is 325 g/mol. The zero-order valence-corrected chi connectivity index (χ0v) is 13.3. The van der Waals surface area contributed by atoms with Crippen LogP contribution < -0.4 is 5.32 Å². The van der Waals surface area contributed by atoms with E-state index in [1.807, 2.05) is 6.92 Å². The summed E-state index contributed by atoms with van der Waals surface area (Å²) >= 11 is 0. The van der Waals surface area contributed by atoms with Crippen LogP contribution in [0.1, 0.15) is 35.7 Å². The molecule has 1 aliphatic carbocycles. The molecule has 22 heavy (non-hydrogen) atoms. The quantitative estimate of drug-likeness (QED) is 0.848. The van der Waals surface area contributed by atoms with Gasteiger partial charge >= 0.3 is 5.97 Å². The number of rotatable bonds is 5. The third kappa shape index (κ3) is 3.47. The van der Waals surface area contributed by atoms with Gasteiger partial charge in [0.1, 0.15) is 0 Å². The van der Waals surface area contributed by atoms with Crippen LogP contribution in [-0.2, 0) is 21.1 Å². The molecule has 0 spiro atoms. The fourth-order valence-corrected chi connectivity index (χ4v) is 3.57. The number of carbonyl (C=O) groups is 2. The summed E-state index contributed by atoms with van der Waals surface area (Å²) in [5.74, 6) is -1.63. The molecule has 0 heterocycles. The fourth-order valence-electron chi connectivity index (χ4n) is 2.54. The summed E-state index contributed by atoms with van der Waals surface area (Å²) in [5.41, 5.74) is 0.949. The molecule has 1 aromatic rings. The highest BCUT2D eigenvalue weighted by molar-refractivity contribution is 7.90. The number of hydrogen-bond acceptors (Lipinski definition) is 4. The van der Waals surface area contributed by atoms with E-state index in [2.05, 4.69) is 5.32 Å². The van der Waals surface area contributed by atoms with Gasteiger partial charge in [0.2, 0.25) is 0 Å². The second kappa shape index (κ2) is 6.08. The smallest absolute Gasteiger partial charge is 0.306 e. The van der Waals surface area contributed by atoms with Crippen molar-refractivity contribution in [2.45, 2.75) is 37.1 Å². The van der Waals surface area contributed by atoms with E-state index < -0.39 is 21.7 Å². The van der Waals surface area contributed by atoms with Gasteiger partial charge < -0.3 is 10.4 Å². The molecule has 2 rings (SSSR count). The Bertz CT molecular complexity index is 705. The number of amides is 1. The number of aliphatic carboxylic acids is 1. The van der Waals surface area contributed by atoms with Gasteiger partial charge in [0.05, 0.1) is 10.8 Å². The van der Waals surface area contributed by atoms with Gasteiger partial charge in [0.15, 0.2) is 9.84 Å². The number of benzene rings is 1. The molecule has 1 aliphatic rings. The lowest BCUT2D eigenvalue weighted by atomic mass is 9.80. The van der Waals surface area contributed by atoms with E-state index in [0.29, 0.717) is 24.8 Å². The molecule has 0 unspecified atom stereocenters. The highest BCUT2D eigenvalue weighted by Crippen LogP contribution is 2.28. The minimum absolute atomic E-state index is 0.166. The largest absolute Gasteiger partial charge is 0.481 e. The lowest BCUT2D eigenvalue weighted by Gasteiger charge is -2.32. The van der Waals surface area contributed by atoms with Crippen LogP contribution >= 0.6 is 0 Å². The first-order chi connectivity index (χ1) is 10.2. The molecule has 1 saturated carbocycles. The minimum Gasteiger partial charge on any atom is -0.481 e. The molecule has 6 nitrogen and oxygen atoms in total. The number of sulfone groups is 1. The highest BCUT2D eigenvalue weighted by atomic mass is 32.2. The Morgan fingerprint density at radius 1 is 1.32 bits per heavy atom. The average Bonchev–Trinajstić information content (AvgIpc) is 2.39. The lowest BCUT2D eigenvalue weighted by molar-refractivity contribution is -0.145. The van der Waals surface area contributed by atoms with Crippen LogP contribution in [0.15, 0.2) is 23.1 Å². The van der Waals surface area contributed by atoms with E-state index in [9.17, 15) is 18.0 Å². The molecule has 2 N–H and O–H groups in total. The number of carbonyl (C=O) groups excluding carboxylic acids is 1. The Morgan fingerprint density at radius 2 is 1.95 bits per heavy atom. The molecule has 0 saturated heterocycles. The lowest BCUT2D eigenvalue weighted by Crippen LogP contribution is -2.46. The molecule has 7 heteroatoms. The topological polar surface area (TPSA) is 101 Å². The minimum atomic E-state index is -3.40. The molecular weight excluding hydrogens is 306 g/mol. The molecule has 1 aromatic carbocycles. The number of carboxylic acids is 1. The first-order valence-electron chi connectivity index (χ1n) is 7.09. The Labute approximate surface area is 129 Å². The van der Waals surface area contributed by atoms with Crippen molar-refractivity contribution in [3.05, 3.63) is 29.3 Å². The molecule has 0 atom stereocenters. The maximum absolute atomic E-state index is 12.1. The summed E-state index contributed by atoms with van der Waals surface area (Å²) in [6.45, 7) is 1.85. The molecule has 1 amide bonds. The van der Waals surface area contributed by atoms with Gasteiger partial charge in [0, 0.05) is 17.9 Å². The first-order valence-corrected chi connectivity index (χ1v) is 8.98. The van der Waals surface area contributed by atoms with Gasteiger partial charge in [-0.3, -0.25) is 9.59 Å². The molecule has 0 aromatic heterocycles. The SMILES string of the molecule is CCc1ccc(C(=O)NC2CC(C(=O)O)C2)cc1S(C)(=O)=O. The van der Waals surface area contributed by atoms with Crippen LogP contribution in [0.2, 0.25) is 0 Å². The predicted molar refractivity (Wildman–Crippen MR) is 80.5 cm³/mol. The highest BCUT2D eigenvalue weighted by Gasteiger charge is 2.35. The summed E-state index contributed by atoms with van der Waals surface area (Å²) in [4.78, 5) is 23.0. The summed E-state index contributed by atoms with van der Waals surface area (Å²) in [7, 11) is -3.40. The molecule has 0 radical (unpaired) electrons. The molecule has 0 aliphatic heterocycles. The van der Waals surface area contributed by atoms with Gasteiger partial charge in [-0.2, -0.15) is 0 Å². The molecular formula is C15H19NO5S. The van der Waals surface area contributed by atoms with E-state index in [1.165, 1.54) is 6.07 Å². The molecule has 1 fully saturated rings.